The summed E-state index contributed by atoms with van der Waals surface area (Å²) in [7, 11) is 0. The summed E-state index contributed by atoms with van der Waals surface area (Å²) in [6.45, 7) is 0.0160. The Morgan fingerprint density at radius 3 is 2.71 bits per heavy atom. The van der Waals surface area contributed by atoms with Crippen LogP contribution in [0.5, 0.6) is 0 Å². The molecule has 2 N–H and O–H groups in total. The van der Waals surface area contributed by atoms with E-state index in [2.05, 4.69) is 10.3 Å². The molecule has 1 atom stereocenters. The molecule has 1 aromatic heterocycles. The third kappa shape index (κ3) is 2.86. The van der Waals surface area contributed by atoms with E-state index in [1.165, 1.54) is 17.4 Å². The third-order valence-corrected chi connectivity index (χ3v) is 3.96. The van der Waals surface area contributed by atoms with Gasteiger partial charge in [0.2, 0.25) is 0 Å². The first-order chi connectivity index (χ1) is 10.1. The number of hydrogen-bond acceptors (Lipinski definition) is 4. The van der Waals surface area contributed by atoms with E-state index in [1.807, 2.05) is 18.2 Å². The van der Waals surface area contributed by atoms with E-state index < -0.39 is 17.7 Å². The van der Waals surface area contributed by atoms with Crippen LogP contribution in [0.15, 0.2) is 41.9 Å². The van der Waals surface area contributed by atoms with Crippen molar-refractivity contribution in [3.63, 3.8) is 0 Å². The lowest BCUT2D eigenvalue weighted by atomic mass is 10.1. The lowest BCUT2D eigenvalue weighted by Gasteiger charge is -2.14. The van der Waals surface area contributed by atoms with Crippen molar-refractivity contribution in [3.05, 3.63) is 59.1 Å². The van der Waals surface area contributed by atoms with E-state index in [9.17, 15) is 13.9 Å². The molecule has 0 spiro atoms. The monoisotopic (exact) mass is 306 g/mol. The minimum atomic E-state index is -1.26. The maximum Gasteiger partial charge on any atom is 0.132 e. The van der Waals surface area contributed by atoms with E-state index in [1.54, 1.807) is 5.51 Å². The van der Waals surface area contributed by atoms with Crippen LogP contribution in [0.25, 0.3) is 10.2 Å². The lowest BCUT2D eigenvalue weighted by Crippen LogP contribution is -2.15. The Bertz CT molecular complexity index is 755. The average Bonchev–Trinajstić information content (AvgIpc) is 2.92. The highest BCUT2D eigenvalue weighted by Gasteiger charge is 2.17. The molecule has 0 fully saturated rings. The molecular weight excluding hydrogens is 294 g/mol. The van der Waals surface area contributed by atoms with Gasteiger partial charge in [0.25, 0.3) is 0 Å². The number of nitrogens with zero attached hydrogens (tertiary/aromatic N) is 1. The van der Waals surface area contributed by atoms with E-state index >= 15 is 0 Å². The van der Waals surface area contributed by atoms with Gasteiger partial charge in [-0.15, -0.1) is 11.3 Å². The summed E-state index contributed by atoms with van der Waals surface area (Å²) in [5.74, 6) is -1.50. The van der Waals surface area contributed by atoms with Gasteiger partial charge in [0.1, 0.15) is 17.7 Å². The van der Waals surface area contributed by atoms with Gasteiger partial charge in [0, 0.05) is 12.2 Å². The Morgan fingerprint density at radius 2 is 1.95 bits per heavy atom. The molecular formula is C15H12F2N2OS. The predicted molar refractivity (Wildman–Crippen MR) is 79.4 cm³/mol. The van der Waals surface area contributed by atoms with Crippen LogP contribution in [0.2, 0.25) is 0 Å². The van der Waals surface area contributed by atoms with Crippen LogP contribution in [-0.2, 0) is 0 Å². The number of aliphatic hydroxyl groups is 1. The number of anilines is 1. The summed E-state index contributed by atoms with van der Waals surface area (Å²) >= 11 is 1.50. The molecule has 2 aromatic carbocycles. The standard InChI is InChI=1S/C15H12F2N2OS/c16-10-2-1-3-11(17)15(10)13(20)7-18-9-4-5-12-14(6-9)21-8-19-12/h1-6,8,13,18,20H,7H2. The van der Waals surface area contributed by atoms with Crippen molar-refractivity contribution < 1.29 is 13.9 Å². The smallest absolute Gasteiger partial charge is 0.132 e. The molecule has 0 amide bonds. The highest BCUT2D eigenvalue weighted by Crippen LogP contribution is 2.24. The number of benzene rings is 2. The second-order valence-electron chi connectivity index (χ2n) is 4.57. The molecule has 3 nitrogen and oxygen atoms in total. The maximum atomic E-state index is 13.6. The van der Waals surface area contributed by atoms with Crippen LogP contribution in [0.4, 0.5) is 14.5 Å². The molecule has 1 heterocycles. The van der Waals surface area contributed by atoms with Crippen molar-refractivity contribution >= 4 is 27.2 Å². The summed E-state index contributed by atoms with van der Waals surface area (Å²) in [6, 6.07) is 9.08. The molecule has 0 aliphatic carbocycles. The Balaban J connectivity index is 1.74. The van der Waals surface area contributed by atoms with Crippen LogP contribution >= 0.6 is 11.3 Å². The quantitative estimate of drug-likeness (QED) is 0.772. The number of hydrogen-bond donors (Lipinski definition) is 2. The molecule has 0 saturated carbocycles. The Hall–Kier alpha value is -2.05. The van der Waals surface area contributed by atoms with Gasteiger partial charge in [0.05, 0.1) is 21.3 Å². The first-order valence-corrected chi connectivity index (χ1v) is 7.22. The van der Waals surface area contributed by atoms with Crippen molar-refractivity contribution in [3.8, 4) is 0 Å². The number of aliphatic hydroxyl groups excluding tert-OH is 1. The van der Waals surface area contributed by atoms with Crippen molar-refractivity contribution in [2.75, 3.05) is 11.9 Å². The van der Waals surface area contributed by atoms with E-state index in [0.717, 1.165) is 28.0 Å². The van der Waals surface area contributed by atoms with Gasteiger partial charge in [0.15, 0.2) is 0 Å². The Kier molecular flexibility index (Phi) is 3.81. The fraction of sp³-hybridized carbons (Fsp3) is 0.133. The van der Waals surface area contributed by atoms with Gasteiger partial charge >= 0.3 is 0 Å². The van der Waals surface area contributed by atoms with Gasteiger partial charge in [-0.25, -0.2) is 13.8 Å². The second-order valence-corrected chi connectivity index (χ2v) is 5.45. The number of rotatable bonds is 4. The zero-order valence-electron chi connectivity index (χ0n) is 10.9. The molecule has 1 unspecified atom stereocenters. The minimum absolute atomic E-state index is 0.0160. The maximum absolute atomic E-state index is 13.6. The second kappa shape index (κ2) is 5.75. The van der Waals surface area contributed by atoms with Gasteiger partial charge in [-0.3, -0.25) is 0 Å². The summed E-state index contributed by atoms with van der Waals surface area (Å²) in [5.41, 5.74) is 3.09. The zero-order valence-corrected chi connectivity index (χ0v) is 11.7. The average molecular weight is 306 g/mol. The van der Waals surface area contributed by atoms with E-state index in [-0.39, 0.29) is 12.1 Å². The van der Waals surface area contributed by atoms with Crippen molar-refractivity contribution in [2.45, 2.75) is 6.10 Å². The molecule has 3 aromatic rings. The first kappa shape index (κ1) is 13.9. The Labute approximate surface area is 123 Å². The molecule has 6 heteroatoms. The van der Waals surface area contributed by atoms with Crippen LogP contribution in [-0.4, -0.2) is 16.6 Å². The molecule has 3 rings (SSSR count). The summed E-state index contributed by atoms with van der Waals surface area (Å²) < 4.78 is 28.1. The molecule has 0 saturated heterocycles. The number of thiazole rings is 1. The highest BCUT2D eigenvalue weighted by molar-refractivity contribution is 7.16. The largest absolute Gasteiger partial charge is 0.386 e. The number of halogens is 2. The lowest BCUT2D eigenvalue weighted by molar-refractivity contribution is 0.181. The predicted octanol–water partition coefficient (Wildman–Crippen LogP) is 3.72. The summed E-state index contributed by atoms with van der Waals surface area (Å²) in [5, 5.41) is 12.9. The van der Waals surface area contributed by atoms with Crippen LogP contribution in [0.3, 0.4) is 0 Å². The first-order valence-electron chi connectivity index (χ1n) is 6.34. The minimum Gasteiger partial charge on any atom is -0.386 e. The van der Waals surface area contributed by atoms with Gasteiger partial charge in [-0.2, -0.15) is 0 Å². The van der Waals surface area contributed by atoms with Crippen molar-refractivity contribution in [1.29, 1.82) is 0 Å². The molecule has 0 radical (unpaired) electrons. The Morgan fingerprint density at radius 1 is 1.19 bits per heavy atom. The van der Waals surface area contributed by atoms with Gasteiger partial charge < -0.3 is 10.4 Å². The SMILES string of the molecule is OC(CNc1ccc2ncsc2c1)c1c(F)cccc1F. The fourth-order valence-corrected chi connectivity index (χ4v) is 2.83. The van der Waals surface area contributed by atoms with Gasteiger partial charge in [-0.05, 0) is 30.3 Å². The normalized spacial score (nSPS) is 12.5. The molecule has 0 bridgehead atoms. The van der Waals surface area contributed by atoms with Crippen molar-refractivity contribution in [1.82, 2.24) is 4.98 Å². The number of fused-ring (bicyclic) bond motifs is 1. The highest BCUT2D eigenvalue weighted by atomic mass is 32.1. The van der Waals surface area contributed by atoms with Crippen LogP contribution < -0.4 is 5.32 Å². The summed E-state index contributed by atoms with van der Waals surface area (Å²) in [4.78, 5) is 4.17. The van der Waals surface area contributed by atoms with Crippen molar-refractivity contribution in [2.24, 2.45) is 0 Å². The van der Waals surface area contributed by atoms with Crippen LogP contribution in [0.1, 0.15) is 11.7 Å². The molecule has 108 valence electrons. The fourth-order valence-electron chi connectivity index (χ4n) is 2.11. The molecule has 0 aliphatic rings. The summed E-state index contributed by atoms with van der Waals surface area (Å²) in [6.07, 6.45) is -1.26. The van der Waals surface area contributed by atoms with Gasteiger partial charge in [-0.1, -0.05) is 6.07 Å². The van der Waals surface area contributed by atoms with E-state index in [0.29, 0.717) is 0 Å². The third-order valence-electron chi connectivity index (χ3n) is 3.16. The number of nitrogens with one attached hydrogen (secondary N) is 1. The number of aromatic nitrogens is 1. The topological polar surface area (TPSA) is 45.1 Å². The van der Waals surface area contributed by atoms with Crippen LogP contribution in [0, 0.1) is 11.6 Å². The molecule has 21 heavy (non-hydrogen) atoms. The zero-order chi connectivity index (χ0) is 14.8. The molecule has 0 aliphatic heterocycles. The van der Waals surface area contributed by atoms with E-state index in [4.69, 9.17) is 0 Å².